The van der Waals surface area contributed by atoms with E-state index in [4.69, 9.17) is 43.0 Å². The summed E-state index contributed by atoms with van der Waals surface area (Å²) in [5.41, 5.74) is 6.30. The van der Waals surface area contributed by atoms with Crippen LogP contribution in [0.4, 0.5) is 11.4 Å². The van der Waals surface area contributed by atoms with Gasteiger partial charge in [0.1, 0.15) is 11.5 Å². The molecule has 0 aromatic heterocycles. The first kappa shape index (κ1) is 59.4. The molecule has 0 bridgehead atoms. The van der Waals surface area contributed by atoms with Gasteiger partial charge in [-0.2, -0.15) is 0 Å². The Hall–Kier alpha value is -5.18. The Balaban J connectivity index is 0.000000194. The van der Waals surface area contributed by atoms with Gasteiger partial charge in [-0.05, 0) is 183 Å². The minimum absolute atomic E-state index is 0.0154. The van der Waals surface area contributed by atoms with Gasteiger partial charge in [-0.3, -0.25) is 0 Å². The van der Waals surface area contributed by atoms with Crippen molar-refractivity contribution in [1.82, 2.24) is 0 Å². The third kappa shape index (κ3) is 13.8. The molecule has 16 nitrogen and oxygen atoms in total. The van der Waals surface area contributed by atoms with Gasteiger partial charge in [0, 0.05) is 47.1 Å². The number of aliphatic hydroxyl groups is 2. The smallest absolute Gasteiger partial charge is 0.335 e. The Morgan fingerprint density at radius 3 is 1.38 bits per heavy atom. The van der Waals surface area contributed by atoms with Gasteiger partial charge in [-0.15, -0.1) is 0 Å². The Kier molecular flexibility index (Phi) is 18.1. The summed E-state index contributed by atoms with van der Waals surface area (Å²) in [6.45, 7) is 7.11. The summed E-state index contributed by atoms with van der Waals surface area (Å²) >= 11 is 12.7. The molecule has 80 heavy (non-hydrogen) atoms. The highest BCUT2D eigenvalue weighted by Gasteiger charge is 2.46. The zero-order chi connectivity index (χ0) is 57.3. The maximum absolute atomic E-state index is 11.9. The molecular weight excluding hydrogens is 1100 g/mol. The van der Waals surface area contributed by atoms with E-state index in [1.807, 2.05) is 24.3 Å². The number of carboxylic acid groups (broad SMARTS) is 2. The van der Waals surface area contributed by atoms with Gasteiger partial charge in [0.25, 0.3) is 0 Å². The van der Waals surface area contributed by atoms with Gasteiger partial charge in [0.2, 0.25) is 20.0 Å². The van der Waals surface area contributed by atoms with Crippen molar-refractivity contribution in [1.29, 1.82) is 0 Å². The number of hydrogen-bond acceptors (Lipinski definition) is 12. The number of aryl methyl sites for hydroxylation is 2. The standard InChI is InChI=1S/2C30H37ClN2O6S/c2*1-19(16-40(32,37)38)4-10-27(34)24-8-5-22(24)15-33-17-30(12-2-3-20-13-23(31)7-9-25(20)30)18-39-28-11-6-21(29(35)36)14-26(28)33/h2*4,6-7,9-11,13-14,19,22,24,27,34H,2-3,5,8,12,15-18H2,1H3,(H,35,36)(H2,32,37,38)/b2*10-4+/t19-,22+,24-,27+,30+;19-,22-,24+,27-,30-/m10/s1. The largest absolute Gasteiger partial charge is 0.490 e. The first-order valence-electron chi connectivity index (χ1n) is 27.7. The van der Waals surface area contributed by atoms with E-state index in [9.17, 15) is 46.9 Å². The summed E-state index contributed by atoms with van der Waals surface area (Å²) < 4.78 is 58.4. The molecule has 20 heteroatoms. The highest BCUT2D eigenvalue weighted by molar-refractivity contribution is 7.89. The number of allylic oxidation sites excluding steroid dienone is 2. The van der Waals surface area contributed by atoms with E-state index in [1.165, 1.54) is 22.3 Å². The number of aliphatic hydroxyl groups excluding tert-OH is 2. The van der Waals surface area contributed by atoms with Crippen molar-refractivity contribution in [2.45, 2.75) is 101 Å². The van der Waals surface area contributed by atoms with E-state index in [0.717, 1.165) is 75.6 Å². The molecular formula is C60H74Cl2N4O12S2. The molecule has 6 aliphatic rings. The number of nitrogens with zero attached hydrogens (tertiary/aromatic N) is 2. The summed E-state index contributed by atoms with van der Waals surface area (Å²) in [6.07, 6.45) is 14.8. The number of primary sulfonamides is 2. The number of aromatic carboxylic acids is 2. The summed E-state index contributed by atoms with van der Waals surface area (Å²) in [4.78, 5) is 28.2. The van der Waals surface area contributed by atoms with Crippen LogP contribution in [0.1, 0.15) is 108 Å². The fourth-order valence-electron chi connectivity index (χ4n) is 13.3. The number of rotatable bonds is 16. The van der Waals surface area contributed by atoms with Crippen LogP contribution in [0, 0.1) is 35.5 Å². The Bertz CT molecular complexity index is 3040. The van der Waals surface area contributed by atoms with E-state index in [0.29, 0.717) is 60.9 Å². The van der Waals surface area contributed by atoms with Crippen LogP contribution in [0.5, 0.6) is 11.5 Å². The number of fused-ring (bicyclic) bond motifs is 6. The van der Waals surface area contributed by atoms with Gasteiger partial charge in [0.05, 0.1) is 59.4 Å². The lowest BCUT2D eigenvalue weighted by Gasteiger charge is -2.45. The van der Waals surface area contributed by atoms with Crippen LogP contribution in [0.25, 0.3) is 0 Å². The molecule has 0 unspecified atom stereocenters. The van der Waals surface area contributed by atoms with E-state index < -0.39 is 44.2 Å². The van der Waals surface area contributed by atoms with Crippen molar-refractivity contribution in [3.63, 3.8) is 0 Å². The molecule has 2 fully saturated rings. The second kappa shape index (κ2) is 24.3. The molecule has 4 aliphatic carbocycles. The zero-order valence-corrected chi connectivity index (χ0v) is 48.4. The highest BCUT2D eigenvalue weighted by Crippen LogP contribution is 2.49. The van der Waals surface area contributed by atoms with E-state index in [2.05, 4.69) is 21.9 Å². The van der Waals surface area contributed by atoms with Crippen LogP contribution in [-0.2, 0) is 43.7 Å². The number of hydrogen-bond donors (Lipinski definition) is 6. The number of benzene rings is 4. The molecule has 0 amide bonds. The second-order valence-corrected chi connectivity index (χ2v) is 27.7. The van der Waals surface area contributed by atoms with Crippen LogP contribution >= 0.6 is 23.2 Å². The van der Waals surface area contributed by atoms with Gasteiger partial charge in [-0.25, -0.2) is 36.7 Å². The van der Waals surface area contributed by atoms with Gasteiger partial charge in [0.15, 0.2) is 0 Å². The van der Waals surface area contributed by atoms with Crippen molar-refractivity contribution in [3.8, 4) is 11.5 Å². The first-order valence-corrected chi connectivity index (χ1v) is 31.9. The lowest BCUT2D eigenvalue weighted by atomic mass is 9.68. The van der Waals surface area contributed by atoms with Crippen molar-refractivity contribution in [2.75, 3.05) is 60.7 Å². The Morgan fingerprint density at radius 2 is 1.02 bits per heavy atom. The number of ether oxygens (including phenoxy) is 2. The number of halogens is 2. The minimum atomic E-state index is -3.59. The lowest BCUT2D eigenvalue weighted by molar-refractivity contribution is 0.0453. The molecule has 2 saturated carbocycles. The Labute approximate surface area is 479 Å². The van der Waals surface area contributed by atoms with Gasteiger partial charge < -0.3 is 39.7 Å². The highest BCUT2D eigenvalue weighted by atomic mass is 35.5. The monoisotopic (exact) mass is 1180 g/mol. The summed E-state index contributed by atoms with van der Waals surface area (Å²) in [6, 6.07) is 22.2. The number of carbonyl (C=O) groups is 2. The van der Waals surface area contributed by atoms with E-state index >= 15 is 0 Å². The molecule has 10 atom stereocenters. The summed E-state index contributed by atoms with van der Waals surface area (Å²) in [7, 11) is -7.18. The molecule has 432 valence electrons. The molecule has 4 aromatic rings. The average molecular weight is 1180 g/mol. The zero-order valence-electron chi connectivity index (χ0n) is 45.3. The predicted octanol–water partition coefficient (Wildman–Crippen LogP) is 8.76. The fraction of sp³-hybridized carbons (Fsp3) is 0.500. The molecule has 10 rings (SSSR count). The van der Waals surface area contributed by atoms with Gasteiger partial charge in [-0.1, -0.05) is 73.5 Å². The minimum Gasteiger partial charge on any atom is -0.490 e. The van der Waals surface area contributed by atoms with Crippen LogP contribution in [-0.4, -0.2) is 112 Å². The number of sulfonamides is 2. The molecule has 0 saturated heterocycles. The quantitative estimate of drug-likeness (QED) is 0.0574. The third-order valence-electron chi connectivity index (χ3n) is 17.6. The van der Waals surface area contributed by atoms with Crippen molar-refractivity contribution in [3.05, 3.63) is 141 Å². The van der Waals surface area contributed by atoms with Crippen LogP contribution in [0.15, 0.2) is 97.1 Å². The molecule has 2 heterocycles. The van der Waals surface area contributed by atoms with Crippen LogP contribution in [0.2, 0.25) is 10.0 Å². The normalized spacial score (nSPS) is 25.9. The summed E-state index contributed by atoms with van der Waals surface area (Å²) in [5.74, 6) is -1.21. The van der Waals surface area contributed by atoms with Crippen LogP contribution in [0.3, 0.4) is 0 Å². The SMILES string of the molecule is C[C@@H](/C=C/[C@H](O)[C@@H]1CC[C@H]1CN1C[C@@]2(CCCc3cc(Cl)ccc32)COc2ccc(C(=O)O)cc21)CS(N)(=O)=O.C[C@H](/C=C/[C@H](O)[C@@H]1CC[C@H]1CN1C[C@@]2(CCCc3cc(Cl)ccc32)COc2ccc(C(=O)O)cc21)CS(N)(=O)=O. The molecule has 8 N–H and O–H groups in total. The van der Waals surface area contributed by atoms with Crippen molar-refractivity contribution < 1.29 is 56.3 Å². The summed E-state index contributed by atoms with van der Waals surface area (Å²) in [5, 5.41) is 53.1. The number of anilines is 2. The third-order valence-corrected chi connectivity index (χ3v) is 20.0. The lowest BCUT2D eigenvalue weighted by Crippen LogP contribution is -2.49. The molecule has 0 radical (unpaired) electrons. The molecule has 2 aliphatic heterocycles. The maximum atomic E-state index is 11.9. The van der Waals surface area contributed by atoms with Crippen LogP contribution < -0.4 is 29.6 Å². The number of carboxylic acids is 2. The first-order chi connectivity index (χ1) is 37.9. The molecule has 4 aromatic carbocycles. The Morgan fingerprint density at radius 1 is 0.625 bits per heavy atom. The predicted molar refractivity (Wildman–Crippen MR) is 311 cm³/mol. The molecule has 2 spiro atoms. The fourth-order valence-corrected chi connectivity index (χ4v) is 15.4. The second-order valence-electron chi connectivity index (χ2n) is 23.6. The maximum Gasteiger partial charge on any atom is 0.335 e. The topological polar surface area (TPSA) is 260 Å². The average Bonchev–Trinajstić information content (AvgIpc) is 3.72. The number of nitrogens with two attached hydrogens (primary N) is 2. The van der Waals surface area contributed by atoms with E-state index in [-0.39, 0.29) is 69.0 Å². The van der Waals surface area contributed by atoms with Crippen molar-refractivity contribution in [2.24, 2.45) is 45.8 Å². The van der Waals surface area contributed by atoms with Crippen molar-refractivity contribution >= 4 is 66.6 Å². The van der Waals surface area contributed by atoms with E-state index in [1.54, 1.807) is 74.5 Å². The van der Waals surface area contributed by atoms with Gasteiger partial charge >= 0.3 is 11.9 Å².